The Morgan fingerprint density at radius 3 is 2.27 bits per heavy atom. The second-order valence-electron chi connectivity index (χ2n) is 4.57. The van der Waals surface area contributed by atoms with Crippen LogP contribution in [-0.2, 0) is 15.9 Å². The number of ether oxygens (including phenoxy) is 1. The van der Waals surface area contributed by atoms with Crippen molar-refractivity contribution in [2.75, 3.05) is 5.73 Å². The minimum Gasteiger partial charge on any atom is -0.398 e. The van der Waals surface area contributed by atoms with Crippen molar-refractivity contribution < 1.29 is 4.74 Å². The van der Waals surface area contributed by atoms with Crippen molar-refractivity contribution >= 4 is 21.6 Å². The summed E-state index contributed by atoms with van der Waals surface area (Å²) in [4.78, 5) is 0. The number of hydrogen-bond donors (Lipinski definition) is 1. The number of nitrogen functional groups attached to an aromatic ring is 1. The summed E-state index contributed by atoms with van der Waals surface area (Å²) in [6, 6.07) is 4.08. The second kappa shape index (κ2) is 2.47. The van der Waals surface area contributed by atoms with Crippen LogP contribution in [0.25, 0.3) is 0 Å². The first-order valence-corrected chi connectivity index (χ1v) is 5.74. The molecule has 2 heterocycles. The van der Waals surface area contributed by atoms with Gasteiger partial charge < -0.3 is 10.5 Å². The van der Waals surface area contributed by atoms with Crippen LogP contribution in [0.2, 0.25) is 0 Å². The molecule has 0 saturated heterocycles. The van der Waals surface area contributed by atoms with E-state index < -0.39 is 0 Å². The average Bonchev–Trinajstić information content (AvgIpc) is 2.57. The number of anilines is 1. The smallest absolute Gasteiger partial charge is 0.111 e. The van der Waals surface area contributed by atoms with Gasteiger partial charge in [0.1, 0.15) is 11.2 Å². The third-order valence-electron chi connectivity index (χ3n) is 3.35. The van der Waals surface area contributed by atoms with Gasteiger partial charge in [-0.05, 0) is 65.2 Å². The first kappa shape index (κ1) is 9.43. The molecule has 0 aliphatic carbocycles. The van der Waals surface area contributed by atoms with Gasteiger partial charge in [0.05, 0.1) is 0 Å². The molecule has 2 aliphatic heterocycles. The molecular weight excluding hydrogens is 254 g/mol. The van der Waals surface area contributed by atoms with E-state index in [1.807, 2.05) is 6.07 Å². The highest BCUT2D eigenvalue weighted by molar-refractivity contribution is 9.10. The van der Waals surface area contributed by atoms with Gasteiger partial charge in [-0.1, -0.05) is 0 Å². The van der Waals surface area contributed by atoms with Crippen LogP contribution >= 0.6 is 15.9 Å². The summed E-state index contributed by atoms with van der Waals surface area (Å²) in [5.74, 6) is 0. The molecule has 2 bridgehead atoms. The van der Waals surface area contributed by atoms with E-state index in [1.165, 1.54) is 11.1 Å². The minimum atomic E-state index is -0.293. The lowest BCUT2D eigenvalue weighted by atomic mass is 9.83. The van der Waals surface area contributed by atoms with Crippen molar-refractivity contribution in [3.05, 3.63) is 39.9 Å². The minimum absolute atomic E-state index is 0.277. The Hall–Kier alpha value is -0.800. The molecule has 0 aromatic heterocycles. The van der Waals surface area contributed by atoms with Crippen LogP contribution in [0.4, 0.5) is 5.69 Å². The van der Waals surface area contributed by atoms with Crippen molar-refractivity contribution in [1.82, 2.24) is 0 Å². The van der Waals surface area contributed by atoms with E-state index in [2.05, 4.69) is 48.0 Å². The average molecular weight is 266 g/mol. The van der Waals surface area contributed by atoms with Crippen LogP contribution in [0.1, 0.15) is 25.0 Å². The van der Waals surface area contributed by atoms with E-state index in [1.54, 1.807) is 0 Å². The lowest BCUT2D eigenvalue weighted by molar-refractivity contribution is -0.0495. The molecule has 3 rings (SSSR count). The summed E-state index contributed by atoms with van der Waals surface area (Å²) >= 11 is 3.46. The Labute approximate surface area is 97.2 Å². The number of benzene rings is 1. The van der Waals surface area contributed by atoms with Crippen LogP contribution in [-0.4, -0.2) is 0 Å². The Morgan fingerprint density at radius 1 is 1.13 bits per heavy atom. The SMILES string of the molecule is CC12C=CC(C)(O1)c1cc(Br)c(N)cc12. The lowest BCUT2D eigenvalue weighted by Gasteiger charge is -2.18. The maximum absolute atomic E-state index is 6.04. The van der Waals surface area contributed by atoms with E-state index in [0.29, 0.717) is 0 Å². The molecule has 0 spiro atoms. The highest BCUT2D eigenvalue weighted by Crippen LogP contribution is 2.54. The first-order valence-electron chi connectivity index (χ1n) is 4.95. The van der Waals surface area contributed by atoms with Crippen molar-refractivity contribution in [1.29, 1.82) is 0 Å². The third kappa shape index (κ3) is 1.02. The number of halogens is 1. The largest absolute Gasteiger partial charge is 0.398 e. The van der Waals surface area contributed by atoms with Crippen molar-refractivity contribution in [3.8, 4) is 0 Å². The van der Waals surface area contributed by atoms with Gasteiger partial charge in [-0.15, -0.1) is 0 Å². The van der Waals surface area contributed by atoms with Crippen LogP contribution in [0, 0.1) is 0 Å². The molecule has 2 atom stereocenters. The molecular formula is C12H12BrNO. The fraction of sp³-hybridized carbons (Fsp3) is 0.333. The van der Waals surface area contributed by atoms with Crippen LogP contribution in [0.15, 0.2) is 28.8 Å². The number of fused-ring (bicyclic) bond motifs is 5. The first-order chi connectivity index (χ1) is 6.95. The molecule has 2 nitrogen and oxygen atoms in total. The van der Waals surface area contributed by atoms with Gasteiger partial charge in [-0.3, -0.25) is 0 Å². The molecule has 78 valence electrons. The fourth-order valence-corrected chi connectivity index (χ4v) is 2.87. The fourth-order valence-electron chi connectivity index (χ4n) is 2.53. The van der Waals surface area contributed by atoms with Crippen LogP contribution < -0.4 is 5.73 Å². The zero-order valence-corrected chi connectivity index (χ0v) is 10.3. The molecule has 2 aliphatic rings. The molecule has 1 aromatic rings. The predicted octanol–water partition coefficient (Wildman–Crippen LogP) is 3.06. The number of nitrogens with two attached hydrogens (primary N) is 1. The van der Waals surface area contributed by atoms with Gasteiger partial charge in [0.25, 0.3) is 0 Å². The van der Waals surface area contributed by atoms with Gasteiger partial charge >= 0.3 is 0 Å². The monoisotopic (exact) mass is 265 g/mol. The molecule has 0 amide bonds. The van der Waals surface area contributed by atoms with Gasteiger partial charge in [0.2, 0.25) is 0 Å². The quantitative estimate of drug-likeness (QED) is 0.578. The Kier molecular flexibility index (Phi) is 1.55. The summed E-state index contributed by atoms with van der Waals surface area (Å²) in [7, 11) is 0. The van der Waals surface area contributed by atoms with Crippen LogP contribution in [0.3, 0.4) is 0 Å². The number of hydrogen-bond acceptors (Lipinski definition) is 2. The molecule has 0 fully saturated rings. The zero-order chi connectivity index (χ0) is 10.8. The summed E-state index contributed by atoms with van der Waals surface area (Å²) < 4.78 is 6.98. The summed E-state index contributed by atoms with van der Waals surface area (Å²) in [5, 5.41) is 0. The van der Waals surface area contributed by atoms with E-state index >= 15 is 0 Å². The topological polar surface area (TPSA) is 35.2 Å². The van der Waals surface area contributed by atoms with E-state index in [4.69, 9.17) is 10.5 Å². The molecule has 0 radical (unpaired) electrons. The Morgan fingerprint density at radius 2 is 1.67 bits per heavy atom. The van der Waals surface area contributed by atoms with Crippen molar-refractivity contribution in [3.63, 3.8) is 0 Å². The molecule has 3 heteroatoms. The summed E-state index contributed by atoms with van der Waals surface area (Å²) in [6.45, 7) is 4.16. The predicted molar refractivity (Wildman–Crippen MR) is 63.5 cm³/mol. The maximum atomic E-state index is 6.04. The van der Waals surface area contributed by atoms with E-state index in [-0.39, 0.29) is 11.2 Å². The van der Waals surface area contributed by atoms with Crippen molar-refractivity contribution in [2.24, 2.45) is 0 Å². The third-order valence-corrected chi connectivity index (χ3v) is 4.04. The second-order valence-corrected chi connectivity index (χ2v) is 5.42. The van der Waals surface area contributed by atoms with E-state index in [0.717, 1.165) is 10.2 Å². The van der Waals surface area contributed by atoms with Crippen LogP contribution in [0.5, 0.6) is 0 Å². The normalized spacial score (nSPS) is 35.9. The summed E-state index contributed by atoms with van der Waals surface area (Å²) in [5.41, 5.74) is 8.50. The molecule has 0 saturated carbocycles. The zero-order valence-electron chi connectivity index (χ0n) is 8.67. The Bertz CT molecular complexity index is 454. The van der Waals surface area contributed by atoms with Crippen molar-refractivity contribution in [2.45, 2.75) is 25.0 Å². The highest BCUT2D eigenvalue weighted by atomic mass is 79.9. The number of rotatable bonds is 0. The molecule has 2 unspecified atom stereocenters. The van der Waals surface area contributed by atoms with E-state index in [9.17, 15) is 0 Å². The van der Waals surface area contributed by atoms with Gasteiger partial charge in [-0.2, -0.15) is 0 Å². The highest BCUT2D eigenvalue weighted by Gasteiger charge is 2.50. The van der Waals surface area contributed by atoms with Gasteiger partial charge in [0.15, 0.2) is 0 Å². The van der Waals surface area contributed by atoms with Gasteiger partial charge in [0, 0.05) is 10.2 Å². The lowest BCUT2D eigenvalue weighted by Crippen LogP contribution is -2.17. The molecule has 1 aromatic carbocycles. The standard InChI is InChI=1S/C12H12BrNO/c1-11-3-4-12(2,15-11)8-6-10(14)9(13)5-7(8)11/h3-6H,14H2,1-2H3. The summed E-state index contributed by atoms with van der Waals surface area (Å²) in [6.07, 6.45) is 4.24. The molecule has 2 N–H and O–H groups in total. The molecule has 15 heavy (non-hydrogen) atoms. The Balaban J connectivity index is 2.34. The van der Waals surface area contributed by atoms with Gasteiger partial charge in [-0.25, -0.2) is 0 Å². The maximum Gasteiger partial charge on any atom is 0.111 e.